The number of nitrogens with zero attached hydrogens (tertiary/aromatic N) is 4. The predicted molar refractivity (Wildman–Crippen MR) is 135 cm³/mol. The minimum Gasteiger partial charge on any atom is -0.408 e. The van der Waals surface area contributed by atoms with Gasteiger partial charge in [-0.3, -0.25) is 14.4 Å². The molecule has 0 unspecified atom stereocenters. The standard InChI is InChI=1S/C26H28N6O3/c1-16-14-30(26(34)35-24-5-3-4-21-25(24)28-11-10-27-21)23-12-18(6-9-22(23)32(16)17(2)33)19-13-29-31(15-19)20-7-8-20/h3-6,9,12-13,15-16,20,27-28H,7-8,10-11,14H2,1-2H3/t16-/m0/s1. The van der Waals surface area contributed by atoms with Gasteiger partial charge in [-0.05, 0) is 49.6 Å². The number of para-hydroxylation sites is 1. The Bertz CT molecular complexity index is 1310. The Morgan fingerprint density at radius 1 is 1.06 bits per heavy atom. The topological polar surface area (TPSA) is 91.7 Å². The van der Waals surface area contributed by atoms with Gasteiger partial charge in [-0.15, -0.1) is 0 Å². The van der Waals surface area contributed by atoms with Gasteiger partial charge in [0.2, 0.25) is 5.91 Å². The third-order valence-electron chi connectivity index (χ3n) is 6.79. The molecule has 3 aliphatic rings. The zero-order chi connectivity index (χ0) is 24.1. The average molecular weight is 473 g/mol. The number of fused-ring (bicyclic) bond motifs is 2. The maximum absolute atomic E-state index is 13.5. The Kier molecular flexibility index (Phi) is 5.12. The van der Waals surface area contributed by atoms with E-state index in [1.54, 1.807) is 22.8 Å². The Morgan fingerprint density at radius 3 is 2.69 bits per heavy atom. The van der Waals surface area contributed by atoms with E-state index >= 15 is 0 Å². The van der Waals surface area contributed by atoms with Crippen LogP contribution in [0.2, 0.25) is 0 Å². The lowest BCUT2D eigenvalue weighted by molar-refractivity contribution is -0.117. The number of hydrogen-bond acceptors (Lipinski definition) is 6. The van der Waals surface area contributed by atoms with Gasteiger partial charge >= 0.3 is 6.09 Å². The molecule has 35 heavy (non-hydrogen) atoms. The van der Waals surface area contributed by atoms with Crippen LogP contribution in [0, 0.1) is 0 Å². The number of carbonyl (C=O) groups excluding carboxylic acids is 2. The van der Waals surface area contributed by atoms with Crippen LogP contribution < -0.4 is 25.2 Å². The number of benzene rings is 2. The minimum atomic E-state index is -0.479. The smallest absolute Gasteiger partial charge is 0.408 e. The molecule has 1 atom stereocenters. The highest BCUT2D eigenvalue weighted by Gasteiger charge is 2.35. The first-order valence-electron chi connectivity index (χ1n) is 12.1. The molecule has 0 spiro atoms. The van der Waals surface area contributed by atoms with Crippen LogP contribution in [0.4, 0.5) is 27.5 Å². The van der Waals surface area contributed by atoms with Crippen LogP contribution in [0.25, 0.3) is 11.1 Å². The van der Waals surface area contributed by atoms with Gasteiger partial charge in [-0.2, -0.15) is 5.10 Å². The number of aromatic nitrogens is 2. The highest BCUT2D eigenvalue weighted by atomic mass is 16.6. The van der Waals surface area contributed by atoms with Crippen molar-refractivity contribution in [3.05, 3.63) is 48.8 Å². The summed E-state index contributed by atoms with van der Waals surface area (Å²) in [6.07, 6.45) is 5.73. The van der Waals surface area contributed by atoms with Gasteiger partial charge < -0.3 is 20.3 Å². The number of amides is 2. The van der Waals surface area contributed by atoms with Crippen molar-refractivity contribution in [1.82, 2.24) is 9.78 Å². The lowest BCUT2D eigenvalue weighted by Gasteiger charge is -2.40. The number of anilines is 4. The summed E-state index contributed by atoms with van der Waals surface area (Å²) in [6.45, 7) is 5.38. The first kappa shape index (κ1) is 21.5. The van der Waals surface area contributed by atoms with Crippen LogP contribution >= 0.6 is 0 Å². The van der Waals surface area contributed by atoms with E-state index in [0.29, 0.717) is 29.7 Å². The van der Waals surface area contributed by atoms with Crippen LogP contribution in [0.1, 0.15) is 32.7 Å². The summed E-state index contributed by atoms with van der Waals surface area (Å²) in [5.41, 5.74) is 4.95. The van der Waals surface area contributed by atoms with Crippen molar-refractivity contribution < 1.29 is 14.3 Å². The molecule has 9 nitrogen and oxygen atoms in total. The molecule has 0 saturated heterocycles. The molecule has 2 amide bonds. The summed E-state index contributed by atoms with van der Waals surface area (Å²) in [6, 6.07) is 11.7. The highest BCUT2D eigenvalue weighted by Crippen LogP contribution is 2.41. The van der Waals surface area contributed by atoms with E-state index in [9.17, 15) is 9.59 Å². The first-order chi connectivity index (χ1) is 17.0. The SMILES string of the molecule is CC(=O)N1c2ccc(-c3cnn(C4CC4)c3)cc2N(C(=O)Oc2cccc3c2NCCN3)C[C@@H]1C. The van der Waals surface area contributed by atoms with Crippen LogP contribution in [0.5, 0.6) is 5.75 Å². The molecule has 180 valence electrons. The molecule has 2 aromatic carbocycles. The molecule has 1 aliphatic carbocycles. The van der Waals surface area contributed by atoms with E-state index in [1.807, 2.05) is 54.3 Å². The van der Waals surface area contributed by atoms with Crippen molar-refractivity contribution in [1.29, 1.82) is 0 Å². The summed E-state index contributed by atoms with van der Waals surface area (Å²) in [5.74, 6) is 0.415. The monoisotopic (exact) mass is 472 g/mol. The second kappa shape index (κ2) is 8.33. The van der Waals surface area contributed by atoms with Crippen LogP contribution in [0.3, 0.4) is 0 Å². The van der Waals surface area contributed by atoms with Crippen LogP contribution in [0.15, 0.2) is 48.8 Å². The molecule has 9 heteroatoms. The fourth-order valence-electron chi connectivity index (χ4n) is 4.96. The molecule has 2 N–H and O–H groups in total. The lowest BCUT2D eigenvalue weighted by Crippen LogP contribution is -2.52. The Balaban J connectivity index is 1.36. The van der Waals surface area contributed by atoms with E-state index in [-0.39, 0.29) is 11.9 Å². The zero-order valence-electron chi connectivity index (χ0n) is 19.8. The maximum atomic E-state index is 13.5. The summed E-state index contributed by atoms with van der Waals surface area (Å²) in [7, 11) is 0. The first-order valence-corrected chi connectivity index (χ1v) is 12.1. The van der Waals surface area contributed by atoms with Gasteiger partial charge in [0.05, 0.1) is 35.3 Å². The maximum Gasteiger partial charge on any atom is 0.419 e. The van der Waals surface area contributed by atoms with E-state index in [2.05, 4.69) is 15.7 Å². The van der Waals surface area contributed by atoms with Gasteiger partial charge in [-0.1, -0.05) is 12.1 Å². The van der Waals surface area contributed by atoms with Crippen molar-refractivity contribution >= 4 is 34.7 Å². The van der Waals surface area contributed by atoms with Crippen molar-refractivity contribution in [3.63, 3.8) is 0 Å². The predicted octanol–water partition coefficient (Wildman–Crippen LogP) is 4.48. The van der Waals surface area contributed by atoms with E-state index in [4.69, 9.17) is 4.74 Å². The van der Waals surface area contributed by atoms with Crippen molar-refractivity contribution in [2.75, 3.05) is 40.1 Å². The Labute approximate surface area is 203 Å². The number of rotatable bonds is 3. The van der Waals surface area contributed by atoms with Gasteiger partial charge in [0.15, 0.2) is 5.75 Å². The summed E-state index contributed by atoms with van der Waals surface area (Å²) >= 11 is 0. The number of carbonyl (C=O) groups is 2. The van der Waals surface area contributed by atoms with E-state index < -0.39 is 6.09 Å². The summed E-state index contributed by atoms with van der Waals surface area (Å²) in [4.78, 5) is 29.4. The normalized spacial score (nSPS) is 18.7. The second-order valence-corrected chi connectivity index (χ2v) is 9.39. The molecule has 3 aromatic rings. The van der Waals surface area contributed by atoms with Crippen molar-refractivity contribution in [2.45, 2.75) is 38.8 Å². The third kappa shape index (κ3) is 3.86. The molecule has 0 radical (unpaired) electrons. The van der Waals surface area contributed by atoms with Gasteiger partial charge in [-0.25, -0.2) is 4.79 Å². The number of nitrogens with one attached hydrogen (secondary N) is 2. The van der Waals surface area contributed by atoms with Crippen molar-refractivity contribution in [3.8, 4) is 16.9 Å². The quantitative estimate of drug-likeness (QED) is 0.584. The van der Waals surface area contributed by atoms with Crippen molar-refractivity contribution in [2.24, 2.45) is 0 Å². The average Bonchev–Trinajstić information content (AvgIpc) is 3.59. The summed E-state index contributed by atoms with van der Waals surface area (Å²) < 4.78 is 7.91. The van der Waals surface area contributed by atoms with Gasteiger partial charge in [0.25, 0.3) is 0 Å². The largest absolute Gasteiger partial charge is 0.419 e. The molecule has 1 fully saturated rings. The summed E-state index contributed by atoms with van der Waals surface area (Å²) in [5, 5.41) is 11.1. The molecule has 2 aliphatic heterocycles. The minimum absolute atomic E-state index is 0.0616. The fraction of sp³-hybridized carbons (Fsp3) is 0.346. The molecular formula is C26H28N6O3. The van der Waals surface area contributed by atoms with Gasteiger partial charge in [0, 0.05) is 38.3 Å². The fourth-order valence-corrected chi connectivity index (χ4v) is 4.96. The van der Waals surface area contributed by atoms with E-state index in [1.165, 1.54) is 0 Å². The van der Waals surface area contributed by atoms with E-state index in [0.717, 1.165) is 48.4 Å². The van der Waals surface area contributed by atoms with Gasteiger partial charge in [0.1, 0.15) is 5.69 Å². The lowest BCUT2D eigenvalue weighted by atomic mass is 10.0. The Morgan fingerprint density at radius 2 is 1.89 bits per heavy atom. The highest BCUT2D eigenvalue weighted by molar-refractivity contribution is 6.03. The van der Waals surface area contributed by atoms with Crippen LogP contribution in [-0.4, -0.2) is 47.5 Å². The Hall–Kier alpha value is -4.01. The zero-order valence-corrected chi connectivity index (χ0v) is 19.8. The molecule has 1 aromatic heterocycles. The molecular weight excluding hydrogens is 444 g/mol. The van der Waals surface area contributed by atoms with Crippen LogP contribution in [-0.2, 0) is 4.79 Å². The molecule has 3 heterocycles. The molecule has 1 saturated carbocycles. The molecule has 6 rings (SSSR count). The molecule has 0 bridgehead atoms. The third-order valence-corrected chi connectivity index (χ3v) is 6.79. The number of hydrogen-bond donors (Lipinski definition) is 2. The second-order valence-electron chi connectivity index (χ2n) is 9.39. The number of ether oxygens (including phenoxy) is 1.